The fourth-order valence-electron chi connectivity index (χ4n) is 4.30. The van der Waals surface area contributed by atoms with Crippen LogP contribution in [-0.4, -0.2) is 52.2 Å². The first-order valence-electron chi connectivity index (χ1n) is 9.17. The number of hydrogen-bond acceptors (Lipinski definition) is 5. The van der Waals surface area contributed by atoms with Crippen LogP contribution in [0.3, 0.4) is 0 Å². The number of halogens is 1. The number of benzene rings is 1. The van der Waals surface area contributed by atoms with Crippen LogP contribution >= 0.6 is 0 Å². The van der Waals surface area contributed by atoms with E-state index in [1.165, 1.54) is 12.1 Å². The maximum absolute atomic E-state index is 13.6. The number of anilines is 1. The fourth-order valence-corrected chi connectivity index (χ4v) is 4.30. The Morgan fingerprint density at radius 3 is 2.69 bits per heavy atom. The van der Waals surface area contributed by atoms with Crippen LogP contribution in [0.4, 0.5) is 10.2 Å². The number of pyridine rings is 1. The number of ether oxygens (including phenoxy) is 1. The van der Waals surface area contributed by atoms with Crippen molar-refractivity contribution in [1.29, 1.82) is 0 Å². The molecule has 0 aliphatic carbocycles. The minimum Gasteiger partial charge on any atom is -0.387 e. The molecule has 2 aliphatic rings. The maximum atomic E-state index is 13.6. The van der Waals surface area contributed by atoms with Crippen LogP contribution in [0.25, 0.3) is 10.9 Å². The summed E-state index contributed by atoms with van der Waals surface area (Å²) in [5.74, 6) is 0.521. The lowest BCUT2D eigenvalue weighted by Gasteiger charge is -2.51. The van der Waals surface area contributed by atoms with Gasteiger partial charge in [-0.1, -0.05) is 0 Å². The first-order valence-corrected chi connectivity index (χ1v) is 9.17. The summed E-state index contributed by atoms with van der Waals surface area (Å²) in [6.07, 6.45) is 0.779. The van der Waals surface area contributed by atoms with Crippen LogP contribution < -0.4 is 4.90 Å². The van der Waals surface area contributed by atoms with E-state index >= 15 is 0 Å². The molecule has 0 saturated carbocycles. The highest BCUT2D eigenvalue weighted by molar-refractivity contribution is 5.84. The molecule has 0 unspecified atom stereocenters. The number of nitrogens with zero attached hydrogens (tertiary/aromatic N) is 2. The van der Waals surface area contributed by atoms with E-state index in [4.69, 9.17) is 4.74 Å². The number of fused-ring (bicyclic) bond motifs is 1. The second-order valence-electron chi connectivity index (χ2n) is 7.87. The molecule has 1 aromatic heterocycles. The monoisotopic (exact) mass is 360 g/mol. The molecule has 0 bridgehead atoms. The van der Waals surface area contributed by atoms with Gasteiger partial charge in [-0.25, -0.2) is 9.37 Å². The van der Waals surface area contributed by atoms with Crippen molar-refractivity contribution in [1.82, 2.24) is 4.98 Å². The summed E-state index contributed by atoms with van der Waals surface area (Å²) in [7, 11) is 0. The zero-order valence-electron chi connectivity index (χ0n) is 15.2. The van der Waals surface area contributed by atoms with E-state index in [1.54, 1.807) is 13.0 Å². The van der Waals surface area contributed by atoms with E-state index in [1.807, 2.05) is 13.0 Å². The lowest BCUT2D eigenvalue weighted by Crippen LogP contribution is -2.64. The average molecular weight is 360 g/mol. The van der Waals surface area contributed by atoms with Gasteiger partial charge >= 0.3 is 0 Å². The van der Waals surface area contributed by atoms with Gasteiger partial charge in [0.2, 0.25) is 0 Å². The molecular weight excluding hydrogens is 335 g/mol. The topological polar surface area (TPSA) is 65.8 Å². The zero-order valence-corrected chi connectivity index (χ0v) is 15.2. The Morgan fingerprint density at radius 2 is 1.96 bits per heavy atom. The Bertz CT molecular complexity index is 831. The van der Waals surface area contributed by atoms with Crippen LogP contribution in [0.5, 0.6) is 0 Å². The van der Waals surface area contributed by atoms with Crippen molar-refractivity contribution in [2.45, 2.75) is 50.4 Å². The quantitative estimate of drug-likeness (QED) is 0.818. The van der Waals surface area contributed by atoms with Crippen LogP contribution in [0.1, 0.15) is 31.7 Å². The van der Waals surface area contributed by atoms with Gasteiger partial charge in [0.25, 0.3) is 0 Å². The number of aryl methyl sites for hydroxylation is 1. The lowest BCUT2D eigenvalue weighted by molar-refractivity contribution is -0.239. The van der Waals surface area contributed by atoms with Crippen LogP contribution in [0.15, 0.2) is 24.3 Å². The minimum absolute atomic E-state index is 0.292. The molecule has 5 nitrogen and oxygen atoms in total. The third-order valence-corrected chi connectivity index (χ3v) is 5.98. The summed E-state index contributed by atoms with van der Waals surface area (Å²) in [5.41, 5.74) is -0.106. The molecule has 0 radical (unpaired) electrons. The molecule has 2 saturated heterocycles. The normalized spacial score (nSPS) is 28.7. The van der Waals surface area contributed by atoms with Crippen LogP contribution in [-0.2, 0) is 4.74 Å². The fraction of sp³-hybridized carbons (Fsp3) is 0.550. The van der Waals surface area contributed by atoms with Gasteiger partial charge in [-0.05, 0) is 50.5 Å². The van der Waals surface area contributed by atoms with Gasteiger partial charge in [0, 0.05) is 31.0 Å². The highest BCUT2D eigenvalue weighted by atomic mass is 19.1. The van der Waals surface area contributed by atoms with Gasteiger partial charge in [-0.15, -0.1) is 0 Å². The Hall–Kier alpha value is -1.76. The van der Waals surface area contributed by atoms with Crippen molar-refractivity contribution in [3.8, 4) is 0 Å². The minimum atomic E-state index is -1.12. The highest BCUT2D eigenvalue weighted by Crippen LogP contribution is 2.40. The maximum Gasteiger partial charge on any atom is 0.129 e. The van der Waals surface area contributed by atoms with E-state index in [-0.39, 0.29) is 5.82 Å². The predicted molar refractivity (Wildman–Crippen MR) is 97.8 cm³/mol. The largest absolute Gasteiger partial charge is 0.387 e. The van der Waals surface area contributed by atoms with E-state index < -0.39 is 17.3 Å². The number of aliphatic hydroxyl groups is 2. The number of rotatable bonds is 1. The van der Waals surface area contributed by atoms with Gasteiger partial charge in [0.1, 0.15) is 23.3 Å². The molecule has 2 aliphatic heterocycles. The van der Waals surface area contributed by atoms with Crippen molar-refractivity contribution in [3.63, 3.8) is 0 Å². The van der Waals surface area contributed by atoms with Crippen molar-refractivity contribution in [2.24, 2.45) is 0 Å². The third kappa shape index (κ3) is 2.86. The molecule has 26 heavy (non-hydrogen) atoms. The molecule has 2 N–H and O–H groups in total. The molecule has 3 heterocycles. The number of aromatic nitrogens is 1. The molecule has 2 aromatic rings. The Kier molecular flexibility index (Phi) is 4.17. The predicted octanol–water partition coefficient (Wildman–Crippen LogP) is 2.55. The van der Waals surface area contributed by atoms with E-state index in [9.17, 15) is 14.6 Å². The zero-order chi connectivity index (χ0) is 18.5. The molecule has 0 amide bonds. The summed E-state index contributed by atoms with van der Waals surface area (Å²) in [5, 5.41) is 22.0. The summed E-state index contributed by atoms with van der Waals surface area (Å²) >= 11 is 0. The first kappa shape index (κ1) is 17.6. The van der Waals surface area contributed by atoms with Gasteiger partial charge in [0.15, 0.2) is 0 Å². The lowest BCUT2D eigenvalue weighted by atomic mass is 9.75. The molecular formula is C20H25FN2O3. The molecule has 4 rings (SSSR count). The van der Waals surface area contributed by atoms with E-state index in [0.29, 0.717) is 44.5 Å². The number of aliphatic hydroxyl groups excluding tert-OH is 1. The Labute approximate surface area is 152 Å². The van der Waals surface area contributed by atoms with Gasteiger partial charge in [-0.3, -0.25) is 0 Å². The first-order chi connectivity index (χ1) is 12.3. The summed E-state index contributed by atoms with van der Waals surface area (Å²) < 4.78 is 19.5. The Balaban J connectivity index is 1.58. The Morgan fingerprint density at radius 1 is 1.23 bits per heavy atom. The third-order valence-electron chi connectivity index (χ3n) is 5.98. The molecule has 1 spiro atoms. The summed E-state index contributed by atoms with van der Waals surface area (Å²) in [6.45, 7) is 5.47. The summed E-state index contributed by atoms with van der Waals surface area (Å²) in [6, 6.07) is 6.69. The second kappa shape index (κ2) is 6.15. The standard InChI is InChI=1S/C20H25FN2O3/c1-13-11-17(22-16-12-14(21)3-4-15(13)16)23-8-5-20(6-9-23)18(24)19(2,25)7-10-26-20/h3-4,11-12,18,24-25H,5-10H2,1-2H3/t18-,19+/m0/s1. The van der Waals surface area contributed by atoms with Crippen molar-refractivity contribution in [2.75, 3.05) is 24.6 Å². The van der Waals surface area contributed by atoms with Gasteiger partial charge < -0.3 is 19.8 Å². The second-order valence-corrected chi connectivity index (χ2v) is 7.87. The SMILES string of the molecule is Cc1cc(N2CCC3(CC2)OCC[C@@](C)(O)[C@@H]3O)nc2cc(F)ccc12. The molecule has 2 fully saturated rings. The van der Waals surface area contributed by atoms with Crippen molar-refractivity contribution in [3.05, 3.63) is 35.6 Å². The number of piperidine rings is 1. The molecule has 2 atom stereocenters. The van der Waals surface area contributed by atoms with E-state index in [0.717, 1.165) is 16.8 Å². The van der Waals surface area contributed by atoms with Gasteiger partial charge in [0.05, 0.1) is 17.7 Å². The molecule has 1 aromatic carbocycles. The van der Waals surface area contributed by atoms with Crippen molar-refractivity contribution < 1.29 is 19.3 Å². The number of hydrogen-bond donors (Lipinski definition) is 2. The van der Waals surface area contributed by atoms with Crippen LogP contribution in [0, 0.1) is 12.7 Å². The van der Waals surface area contributed by atoms with Crippen molar-refractivity contribution >= 4 is 16.7 Å². The van der Waals surface area contributed by atoms with Crippen LogP contribution in [0.2, 0.25) is 0 Å². The molecule has 140 valence electrons. The van der Waals surface area contributed by atoms with E-state index in [2.05, 4.69) is 9.88 Å². The molecule has 6 heteroatoms. The highest BCUT2D eigenvalue weighted by Gasteiger charge is 2.52. The summed E-state index contributed by atoms with van der Waals surface area (Å²) in [4.78, 5) is 6.78. The van der Waals surface area contributed by atoms with Gasteiger partial charge in [-0.2, -0.15) is 0 Å². The smallest absolute Gasteiger partial charge is 0.129 e. The average Bonchev–Trinajstić information content (AvgIpc) is 2.60.